The summed E-state index contributed by atoms with van der Waals surface area (Å²) in [4.78, 5) is 0. The predicted octanol–water partition coefficient (Wildman–Crippen LogP) is 1.17. The second-order valence-corrected chi connectivity index (χ2v) is 3.10. The lowest BCUT2D eigenvalue weighted by Gasteiger charge is -2.14. The number of benzene rings is 1. The van der Waals surface area contributed by atoms with Crippen LogP contribution >= 0.6 is 0 Å². The average Bonchev–Trinajstić information content (AvgIpc) is 2.18. The molecule has 0 heterocycles. The molecule has 0 saturated carbocycles. The molecule has 1 aromatic carbocycles. The standard InChI is InChI=1S/C10H14FNO2/c1-7(12-4-5-13)9-6-8(11)2-3-10(9)14/h2-3,6-7,12-14H,4-5H2,1H3/t7-/m1/s1. The molecule has 0 unspecified atom stereocenters. The molecule has 0 amide bonds. The molecule has 0 saturated heterocycles. The summed E-state index contributed by atoms with van der Waals surface area (Å²) < 4.78 is 12.8. The molecule has 78 valence electrons. The molecule has 0 aliphatic carbocycles. The number of phenolic OH excluding ortho intramolecular Hbond substituents is 1. The van der Waals surface area contributed by atoms with Crippen LogP contribution in [-0.2, 0) is 0 Å². The number of aliphatic hydroxyl groups excluding tert-OH is 1. The molecule has 0 aromatic heterocycles. The number of nitrogens with one attached hydrogen (secondary N) is 1. The van der Waals surface area contributed by atoms with Gasteiger partial charge in [-0.3, -0.25) is 0 Å². The van der Waals surface area contributed by atoms with Gasteiger partial charge in [-0.1, -0.05) is 0 Å². The SMILES string of the molecule is C[C@@H](NCCO)c1cc(F)ccc1O. The Morgan fingerprint density at radius 1 is 1.50 bits per heavy atom. The number of hydrogen-bond donors (Lipinski definition) is 3. The molecule has 14 heavy (non-hydrogen) atoms. The molecule has 0 fully saturated rings. The van der Waals surface area contributed by atoms with Crippen LogP contribution in [0.1, 0.15) is 18.5 Å². The maximum absolute atomic E-state index is 12.8. The van der Waals surface area contributed by atoms with Crippen molar-refractivity contribution in [2.24, 2.45) is 0 Å². The fourth-order valence-corrected chi connectivity index (χ4v) is 1.26. The van der Waals surface area contributed by atoms with Gasteiger partial charge < -0.3 is 15.5 Å². The lowest BCUT2D eigenvalue weighted by Crippen LogP contribution is -2.22. The van der Waals surface area contributed by atoms with Crippen LogP contribution in [0.5, 0.6) is 5.75 Å². The zero-order valence-electron chi connectivity index (χ0n) is 8.00. The van der Waals surface area contributed by atoms with Crippen molar-refractivity contribution in [1.29, 1.82) is 0 Å². The molecule has 0 bridgehead atoms. The van der Waals surface area contributed by atoms with E-state index in [1.54, 1.807) is 6.92 Å². The molecule has 0 spiro atoms. The number of aliphatic hydroxyl groups is 1. The van der Waals surface area contributed by atoms with E-state index in [9.17, 15) is 9.50 Å². The zero-order chi connectivity index (χ0) is 10.6. The maximum atomic E-state index is 12.8. The molecule has 3 N–H and O–H groups in total. The first kappa shape index (κ1) is 10.9. The van der Waals surface area contributed by atoms with Gasteiger partial charge in [-0.25, -0.2) is 4.39 Å². The second-order valence-electron chi connectivity index (χ2n) is 3.10. The second kappa shape index (κ2) is 4.93. The Morgan fingerprint density at radius 3 is 2.86 bits per heavy atom. The van der Waals surface area contributed by atoms with Crippen molar-refractivity contribution < 1.29 is 14.6 Å². The molecule has 1 aromatic rings. The van der Waals surface area contributed by atoms with Crippen LogP contribution in [0.15, 0.2) is 18.2 Å². The summed E-state index contributed by atoms with van der Waals surface area (Å²) in [5.41, 5.74) is 0.499. The van der Waals surface area contributed by atoms with Gasteiger partial charge in [-0.05, 0) is 25.1 Å². The fourth-order valence-electron chi connectivity index (χ4n) is 1.26. The van der Waals surface area contributed by atoms with Gasteiger partial charge >= 0.3 is 0 Å². The van der Waals surface area contributed by atoms with Crippen molar-refractivity contribution in [3.8, 4) is 5.75 Å². The lowest BCUT2D eigenvalue weighted by atomic mass is 10.1. The summed E-state index contributed by atoms with van der Waals surface area (Å²) >= 11 is 0. The summed E-state index contributed by atoms with van der Waals surface area (Å²) in [5, 5.41) is 21.0. The van der Waals surface area contributed by atoms with E-state index in [0.29, 0.717) is 12.1 Å². The Kier molecular flexibility index (Phi) is 3.85. The van der Waals surface area contributed by atoms with Gasteiger partial charge in [0.2, 0.25) is 0 Å². The number of halogens is 1. The summed E-state index contributed by atoms with van der Waals surface area (Å²) in [6, 6.07) is 3.63. The minimum absolute atomic E-state index is 0.0143. The number of aromatic hydroxyl groups is 1. The Morgan fingerprint density at radius 2 is 2.21 bits per heavy atom. The van der Waals surface area contributed by atoms with E-state index < -0.39 is 0 Å². The number of hydrogen-bond acceptors (Lipinski definition) is 3. The first-order chi connectivity index (χ1) is 6.65. The molecule has 4 heteroatoms. The van der Waals surface area contributed by atoms with Crippen molar-refractivity contribution in [2.45, 2.75) is 13.0 Å². The third-order valence-corrected chi connectivity index (χ3v) is 2.02. The molecule has 0 aliphatic rings. The monoisotopic (exact) mass is 199 g/mol. The highest BCUT2D eigenvalue weighted by Gasteiger charge is 2.10. The zero-order valence-corrected chi connectivity index (χ0v) is 8.00. The van der Waals surface area contributed by atoms with E-state index in [2.05, 4.69) is 5.32 Å². The molecule has 3 nitrogen and oxygen atoms in total. The molecular weight excluding hydrogens is 185 g/mol. The topological polar surface area (TPSA) is 52.5 Å². The van der Waals surface area contributed by atoms with Gasteiger partial charge in [0.25, 0.3) is 0 Å². The summed E-state index contributed by atoms with van der Waals surface area (Å²) in [6.45, 7) is 2.22. The Labute approximate surface area is 82.2 Å². The van der Waals surface area contributed by atoms with Crippen molar-refractivity contribution in [2.75, 3.05) is 13.2 Å². The van der Waals surface area contributed by atoms with Crippen LogP contribution in [0.2, 0.25) is 0 Å². The van der Waals surface area contributed by atoms with Gasteiger partial charge in [-0.15, -0.1) is 0 Å². The highest BCUT2D eigenvalue weighted by atomic mass is 19.1. The maximum Gasteiger partial charge on any atom is 0.123 e. The third-order valence-electron chi connectivity index (χ3n) is 2.02. The Balaban J connectivity index is 2.77. The van der Waals surface area contributed by atoms with Gasteiger partial charge in [0.1, 0.15) is 11.6 Å². The highest BCUT2D eigenvalue weighted by Crippen LogP contribution is 2.24. The minimum Gasteiger partial charge on any atom is -0.508 e. The first-order valence-corrected chi connectivity index (χ1v) is 4.48. The van der Waals surface area contributed by atoms with Crippen molar-refractivity contribution >= 4 is 0 Å². The molecule has 0 radical (unpaired) electrons. The molecule has 1 rings (SSSR count). The Bertz CT molecular complexity index is 304. The van der Waals surface area contributed by atoms with Crippen LogP contribution in [0, 0.1) is 5.82 Å². The highest BCUT2D eigenvalue weighted by molar-refractivity contribution is 5.34. The van der Waals surface area contributed by atoms with Crippen molar-refractivity contribution in [1.82, 2.24) is 5.32 Å². The van der Waals surface area contributed by atoms with Gasteiger partial charge in [0, 0.05) is 18.2 Å². The van der Waals surface area contributed by atoms with Crippen LogP contribution in [-0.4, -0.2) is 23.4 Å². The van der Waals surface area contributed by atoms with Crippen molar-refractivity contribution in [3.63, 3.8) is 0 Å². The third kappa shape index (κ3) is 2.68. The minimum atomic E-state index is -0.379. The van der Waals surface area contributed by atoms with Gasteiger partial charge in [-0.2, -0.15) is 0 Å². The van der Waals surface area contributed by atoms with E-state index in [4.69, 9.17) is 5.11 Å². The van der Waals surface area contributed by atoms with Crippen LogP contribution in [0.4, 0.5) is 4.39 Å². The average molecular weight is 199 g/mol. The number of phenols is 1. The van der Waals surface area contributed by atoms with E-state index in [-0.39, 0.29) is 24.2 Å². The Hall–Kier alpha value is -1.13. The normalized spacial score (nSPS) is 12.8. The van der Waals surface area contributed by atoms with Gasteiger partial charge in [0.15, 0.2) is 0 Å². The van der Waals surface area contributed by atoms with E-state index >= 15 is 0 Å². The first-order valence-electron chi connectivity index (χ1n) is 4.48. The predicted molar refractivity (Wildman–Crippen MR) is 51.6 cm³/mol. The smallest absolute Gasteiger partial charge is 0.123 e. The quantitative estimate of drug-likeness (QED) is 0.682. The van der Waals surface area contributed by atoms with E-state index in [0.717, 1.165) is 0 Å². The number of rotatable bonds is 4. The van der Waals surface area contributed by atoms with Crippen LogP contribution in [0.3, 0.4) is 0 Å². The molecule has 1 atom stereocenters. The van der Waals surface area contributed by atoms with E-state index in [1.807, 2.05) is 0 Å². The van der Waals surface area contributed by atoms with Gasteiger partial charge in [0.05, 0.1) is 6.61 Å². The lowest BCUT2D eigenvalue weighted by molar-refractivity contribution is 0.285. The summed E-state index contributed by atoms with van der Waals surface area (Å²) in [7, 11) is 0. The molecule has 0 aliphatic heterocycles. The largest absolute Gasteiger partial charge is 0.508 e. The molecular formula is C10H14FNO2. The van der Waals surface area contributed by atoms with Crippen LogP contribution < -0.4 is 5.32 Å². The van der Waals surface area contributed by atoms with Crippen molar-refractivity contribution in [3.05, 3.63) is 29.6 Å². The summed E-state index contributed by atoms with van der Waals surface area (Å²) in [5.74, 6) is -0.320. The van der Waals surface area contributed by atoms with Crippen LogP contribution in [0.25, 0.3) is 0 Å². The van der Waals surface area contributed by atoms with E-state index in [1.165, 1.54) is 18.2 Å². The fraction of sp³-hybridized carbons (Fsp3) is 0.400. The summed E-state index contributed by atoms with van der Waals surface area (Å²) in [6.07, 6.45) is 0.